The molecule has 72 valence electrons. The molecule has 0 bridgehead atoms. The van der Waals surface area contributed by atoms with Crippen molar-refractivity contribution in [1.29, 1.82) is 0 Å². The van der Waals surface area contributed by atoms with Crippen molar-refractivity contribution in [1.82, 2.24) is 9.97 Å². The summed E-state index contributed by atoms with van der Waals surface area (Å²) in [6.07, 6.45) is 3.89. The molecule has 0 aromatic carbocycles. The molecule has 0 spiro atoms. The molecular weight excluding hydrogens is 392 g/mol. The predicted octanol–water partition coefficient (Wildman–Crippen LogP) is 2.05. The Hall–Kier alpha value is 0.470. The van der Waals surface area contributed by atoms with E-state index in [9.17, 15) is 8.42 Å². The minimum absolute atomic E-state index is 0.111. The second kappa shape index (κ2) is 3.92. The van der Waals surface area contributed by atoms with Crippen molar-refractivity contribution in [3.8, 4) is 0 Å². The molecule has 0 saturated carbocycles. The normalized spacial score (nSPS) is 12.8. The van der Waals surface area contributed by atoms with E-state index in [1.54, 1.807) is 0 Å². The summed E-state index contributed by atoms with van der Waals surface area (Å²) in [5.41, 5.74) is 0. The van der Waals surface area contributed by atoms with E-state index in [1.165, 1.54) is 18.6 Å². The van der Waals surface area contributed by atoms with Crippen LogP contribution in [0.25, 0.3) is 0 Å². The van der Waals surface area contributed by atoms with Gasteiger partial charge in [-0.05, 0) is 47.8 Å². The molecule has 4 nitrogen and oxygen atoms in total. The van der Waals surface area contributed by atoms with E-state index in [0.717, 1.165) is 0 Å². The van der Waals surface area contributed by atoms with Gasteiger partial charge in [-0.1, -0.05) is 0 Å². The summed E-state index contributed by atoms with van der Waals surface area (Å²) in [5.74, 6) is 0. The first kappa shape index (κ1) is 11.5. The van der Waals surface area contributed by atoms with Crippen LogP contribution in [0.5, 0.6) is 0 Å². The number of rotatable bonds is 1. The summed E-state index contributed by atoms with van der Waals surface area (Å²) in [6.45, 7) is 0. The van der Waals surface area contributed by atoms with Crippen LogP contribution in [0.4, 0.5) is 0 Å². The Morgan fingerprint density at radius 1 is 1.23 bits per heavy atom. The molecule has 0 atom stereocenters. The van der Waals surface area contributed by atoms with Gasteiger partial charge in [0.05, 0.1) is 6.20 Å². The van der Waals surface area contributed by atoms with Gasteiger partial charge in [0.25, 0.3) is 0 Å². The van der Waals surface area contributed by atoms with Crippen molar-refractivity contribution in [3.63, 3.8) is 0 Å². The molecule has 8 heteroatoms. The van der Waals surface area contributed by atoms with Gasteiger partial charge in [0, 0.05) is 12.4 Å². The molecule has 13 heavy (non-hydrogen) atoms. The second-order valence-corrected chi connectivity index (χ2v) is 12.4. The smallest absolute Gasteiger partial charge is 0.241 e. The molecule has 1 heterocycles. The highest BCUT2D eigenvalue weighted by atomic mass is 80.0. The van der Waals surface area contributed by atoms with Crippen LogP contribution in [0.15, 0.2) is 23.6 Å². The number of halogens is 3. The number of sulfone groups is 1. The van der Waals surface area contributed by atoms with E-state index in [0.29, 0.717) is 0 Å². The first-order valence-corrected chi connectivity index (χ1v) is 6.79. The summed E-state index contributed by atoms with van der Waals surface area (Å²) in [7, 11) is -3.60. The lowest BCUT2D eigenvalue weighted by molar-refractivity contribution is 0.594. The zero-order valence-electron chi connectivity index (χ0n) is 5.99. The molecule has 0 saturated heterocycles. The van der Waals surface area contributed by atoms with Gasteiger partial charge in [-0.15, -0.1) is 0 Å². The Morgan fingerprint density at radius 3 is 2.23 bits per heavy atom. The average Bonchev–Trinajstić information content (AvgIpc) is 2.04. The second-order valence-electron chi connectivity index (χ2n) is 1.99. The quantitative estimate of drug-likeness (QED) is 0.684. The van der Waals surface area contributed by atoms with Crippen LogP contribution in [0, 0.1) is 0 Å². The average molecular weight is 395 g/mol. The molecule has 0 aliphatic rings. The third kappa shape index (κ3) is 2.48. The lowest BCUT2D eigenvalue weighted by Crippen LogP contribution is -2.19. The molecule has 0 aliphatic heterocycles. The molecular formula is C5H3Br3N2O2S. The summed E-state index contributed by atoms with van der Waals surface area (Å²) in [5, 5.41) is -0.111. The van der Waals surface area contributed by atoms with E-state index in [-0.39, 0.29) is 5.03 Å². The van der Waals surface area contributed by atoms with Gasteiger partial charge in [0.2, 0.25) is 11.3 Å². The van der Waals surface area contributed by atoms with Gasteiger partial charge >= 0.3 is 0 Å². The summed E-state index contributed by atoms with van der Waals surface area (Å²) >= 11 is 8.74. The maximum absolute atomic E-state index is 11.6. The highest BCUT2D eigenvalue weighted by molar-refractivity contribution is 9.42. The maximum Gasteiger partial charge on any atom is 0.241 e. The Morgan fingerprint density at radius 2 is 1.85 bits per heavy atom. The SMILES string of the molecule is O=S(=O)(c1cnccn1)C(Br)(Br)Br. The van der Waals surface area contributed by atoms with Crippen molar-refractivity contribution < 1.29 is 8.42 Å². The van der Waals surface area contributed by atoms with Crippen LogP contribution >= 0.6 is 47.8 Å². The molecule has 0 fully saturated rings. The van der Waals surface area contributed by atoms with Gasteiger partial charge in [0.1, 0.15) is 0 Å². The van der Waals surface area contributed by atoms with Crippen molar-refractivity contribution in [2.45, 2.75) is 6.50 Å². The third-order valence-electron chi connectivity index (χ3n) is 1.12. The fraction of sp³-hybridized carbons (Fsp3) is 0.200. The molecule has 0 amide bonds. The fourth-order valence-electron chi connectivity index (χ4n) is 0.543. The minimum Gasteiger partial charge on any atom is -0.260 e. The largest absolute Gasteiger partial charge is 0.260 e. The van der Waals surface area contributed by atoms with Gasteiger partial charge in [0.15, 0.2) is 5.03 Å². The van der Waals surface area contributed by atoms with Gasteiger partial charge < -0.3 is 0 Å². The standard InChI is InChI=1S/C5H3Br3N2O2S/c6-5(7,8)13(11,12)4-3-9-1-2-10-4/h1-3H. The highest BCUT2D eigenvalue weighted by Gasteiger charge is 2.38. The van der Waals surface area contributed by atoms with Crippen LogP contribution in [0.2, 0.25) is 0 Å². The number of alkyl halides is 3. The Bertz CT molecular complexity index is 386. The predicted molar refractivity (Wildman–Crippen MR) is 58.7 cm³/mol. The van der Waals surface area contributed by atoms with Crippen molar-refractivity contribution >= 4 is 57.6 Å². The van der Waals surface area contributed by atoms with E-state index in [2.05, 4.69) is 57.8 Å². The van der Waals surface area contributed by atoms with Crippen LogP contribution in [0.3, 0.4) is 0 Å². The molecule has 1 aromatic heterocycles. The lowest BCUT2D eigenvalue weighted by Gasteiger charge is -2.11. The summed E-state index contributed by atoms with van der Waals surface area (Å²) in [4.78, 5) is 7.34. The third-order valence-corrected chi connectivity index (χ3v) is 6.33. The van der Waals surface area contributed by atoms with E-state index in [1.807, 2.05) is 0 Å². The lowest BCUT2D eigenvalue weighted by atomic mass is 10.8. The van der Waals surface area contributed by atoms with Crippen LogP contribution in [-0.2, 0) is 9.84 Å². The summed E-state index contributed by atoms with van der Waals surface area (Å²) < 4.78 is 21.8. The molecule has 1 aromatic rings. The van der Waals surface area contributed by atoms with Crippen LogP contribution in [-0.4, -0.2) is 19.9 Å². The summed E-state index contributed by atoms with van der Waals surface area (Å²) in [6, 6.07) is 0. The Labute approximate surface area is 100 Å². The van der Waals surface area contributed by atoms with Gasteiger partial charge in [-0.3, -0.25) is 4.98 Å². The Kier molecular flexibility index (Phi) is 3.48. The number of nitrogens with zero attached hydrogens (tertiary/aromatic N) is 2. The van der Waals surface area contributed by atoms with E-state index < -0.39 is 11.3 Å². The van der Waals surface area contributed by atoms with E-state index in [4.69, 9.17) is 0 Å². The van der Waals surface area contributed by atoms with Crippen molar-refractivity contribution in [3.05, 3.63) is 18.6 Å². The van der Waals surface area contributed by atoms with Gasteiger partial charge in [-0.2, -0.15) is 0 Å². The Balaban J connectivity index is 3.26. The number of hydrogen-bond acceptors (Lipinski definition) is 4. The first-order chi connectivity index (χ1) is 5.86. The fourth-order valence-corrected chi connectivity index (χ4v) is 2.67. The highest BCUT2D eigenvalue weighted by Crippen LogP contribution is 2.42. The van der Waals surface area contributed by atoms with E-state index >= 15 is 0 Å². The monoisotopic (exact) mass is 392 g/mol. The molecule has 0 N–H and O–H groups in total. The molecule has 0 unspecified atom stereocenters. The topological polar surface area (TPSA) is 59.9 Å². The zero-order valence-corrected chi connectivity index (χ0v) is 11.6. The van der Waals surface area contributed by atoms with Crippen molar-refractivity contribution in [2.24, 2.45) is 0 Å². The first-order valence-electron chi connectivity index (χ1n) is 2.93. The molecule has 1 rings (SSSR count). The van der Waals surface area contributed by atoms with Crippen LogP contribution < -0.4 is 0 Å². The number of hydrogen-bond donors (Lipinski definition) is 0. The maximum atomic E-state index is 11.6. The minimum atomic E-state index is -3.60. The molecule has 0 radical (unpaired) electrons. The number of aromatic nitrogens is 2. The van der Waals surface area contributed by atoms with Crippen LogP contribution in [0.1, 0.15) is 0 Å². The molecule has 0 aliphatic carbocycles. The zero-order chi connectivity index (χ0) is 10.1. The van der Waals surface area contributed by atoms with Gasteiger partial charge in [-0.25, -0.2) is 13.4 Å². The van der Waals surface area contributed by atoms with Crippen molar-refractivity contribution in [2.75, 3.05) is 0 Å².